The lowest BCUT2D eigenvalue weighted by Crippen LogP contribution is -2.30. The van der Waals surface area contributed by atoms with Gasteiger partial charge in [0, 0.05) is 19.3 Å². The van der Waals surface area contributed by atoms with Gasteiger partial charge in [-0.2, -0.15) is 0 Å². The summed E-state index contributed by atoms with van der Waals surface area (Å²) in [5.74, 6) is -1.65. The predicted molar refractivity (Wildman–Crippen MR) is 343 cm³/mol. The number of ether oxygens (including phenoxy) is 3. The van der Waals surface area contributed by atoms with E-state index in [0.717, 1.165) is 109 Å². The summed E-state index contributed by atoms with van der Waals surface area (Å²) in [6.45, 7) is 4.23. The molecule has 82 heavy (non-hydrogen) atoms. The molecule has 3 atom stereocenters. The first-order chi connectivity index (χ1) is 40.2. The summed E-state index contributed by atoms with van der Waals surface area (Å²) in [7, 11) is -4.80. The minimum Gasteiger partial charge on any atom is -0.462 e. The van der Waals surface area contributed by atoms with Crippen LogP contribution in [0.15, 0.2) is 158 Å². The van der Waals surface area contributed by atoms with Gasteiger partial charge in [-0.15, -0.1) is 0 Å². The van der Waals surface area contributed by atoms with Crippen molar-refractivity contribution in [3.05, 3.63) is 158 Å². The Morgan fingerprint density at radius 2 is 0.671 bits per heavy atom. The summed E-state index contributed by atoms with van der Waals surface area (Å²) >= 11 is 0. The molecule has 3 unspecified atom stereocenters. The van der Waals surface area contributed by atoms with Crippen LogP contribution in [0.5, 0.6) is 0 Å². The number of hydrogen-bond acceptors (Lipinski definition) is 10. The third-order valence-corrected chi connectivity index (χ3v) is 13.4. The molecule has 0 spiro atoms. The van der Waals surface area contributed by atoms with Crippen molar-refractivity contribution in [3.8, 4) is 0 Å². The van der Waals surface area contributed by atoms with E-state index in [0.29, 0.717) is 25.7 Å². The lowest BCUT2D eigenvalue weighted by molar-refractivity contribution is -0.161. The first-order valence-electron chi connectivity index (χ1n) is 31.4. The maximum absolute atomic E-state index is 13.0. The van der Waals surface area contributed by atoms with Crippen LogP contribution in [0.1, 0.15) is 226 Å². The minimum atomic E-state index is -4.80. The molecule has 0 aliphatic carbocycles. The molecule has 0 aromatic rings. The van der Waals surface area contributed by atoms with Crippen molar-refractivity contribution in [2.75, 3.05) is 26.4 Å². The predicted octanol–water partition coefficient (Wildman–Crippen LogP) is 19.3. The number of hydrogen-bond donors (Lipinski definition) is 2. The molecule has 0 fully saturated rings. The summed E-state index contributed by atoms with van der Waals surface area (Å²) < 4.78 is 39.5. The third kappa shape index (κ3) is 59.7. The summed E-state index contributed by atoms with van der Waals surface area (Å²) in [6, 6.07) is 0. The highest BCUT2D eigenvalue weighted by molar-refractivity contribution is 7.47. The average molecular weight is 1160 g/mol. The molecule has 0 radical (unpaired) electrons. The highest BCUT2D eigenvalue weighted by atomic mass is 31.2. The van der Waals surface area contributed by atoms with E-state index in [1.807, 2.05) is 24.3 Å². The van der Waals surface area contributed by atoms with Gasteiger partial charge in [-0.05, 0) is 128 Å². The third-order valence-electron chi connectivity index (χ3n) is 12.4. The normalized spacial score (nSPS) is 14.4. The van der Waals surface area contributed by atoms with Crippen LogP contribution in [0.25, 0.3) is 0 Å². The largest absolute Gasteiger partial charge is 0.472 e. The number of carbonyl (C=O) groups is 3. The van der Waals surface area contributed by atoms with Gasteiger partial charge in [-0.25, -0.2) is 4.57 Å². The molecule has 0 saturated heterocycles. The summed E-state index contributed by atoms with van der Waals surface area (Å²) in [5, 5.41) is 9.84. The standard InChI is InChI=1S/C70H111O11P/c1-4-7-10-13-16-19-22-25-28-31-33-36-38-41-44-47-50-53-56-59-68(72)77-63-67(81-70(74)61-58-55-52-49-46-43-40-37-34-32-29-26-23-20-17-14-11-8-5-2)65-79-82(75,76)78-64-66(62-71)80-69(73)60-57-54-51-48-45-42-39-35-30-27-24-21-18-15-12-9-6-3/h7,9-10,12,16-21,25-30,33,36,39,41-42,44,48,50-51,53,66-67,71H,4-6,8,11,13-15,22-24,31-32,34-35,37-38,40,43,45-47,49,52,54-65H2,1-3H3,(H,75,76)/b10-7-,12-9-,19-16-,20-17-,21-18-,28-25-,29-26-,30-27-,36-33-,42-39-,44-41-,51-48-,53-50-. The molecule has 0 aliphatic rings. The minimum absolute atomic E-state index is 0.0851. The average Bonchev–Trinajstić information content (AvgIpc) is 3.47. The van der Waals surface area contributed by atoms with Crippen LogP contribution in [0.3, 0.4) is 0 Å². The first-order valence-corrected chi connectivity index (χ1v) is 32.9. The van der Waals surface area contributed by atoms with Gasteiger partial charge >= 0.3 is 25.7 Å². The highest BCUT2D eigenvalue weighted by Crippen LogP contribution is 2.43. The Bertz CT molecular complexity index is 1980. The summed E-state index contributed by atoms with van der Waals surface area (Å²) in [4.78, 5) is 48.7. The van der Waals surface area contributed by atoms with E-state index < -0.39 is 64.4 Å². The number of esters is 3. The number of aliphatic hydroxyl groups excluding tert-OH is 1. The van der Waals surface area contributed by atoms with Crippen LogP contribution in [-0.2, 0) is 42.2 Å². The van der Waals surface area contributed by atoms with Gasteiger partial charge in [0.2, 0.25) is 0 Å². The first kappa shape index (κ1) is 77.1. The van der Waals surface area contributed by atoms with Crippen molar-refractivity contribution in [2.24, 2.45) is 0 Å². The monoisotopic (exact) mass is 1160 g/mol. The van der Waals surface area contributed by atoms with Gasteiger partial charge in [0.15, 0.2) is 6.10 Å². The van der Waals surface area contributed by atoms with Crippen molar-refractivity contribution in [3.63, 3.8) is 0 Å². The van der Waals surface area contributed by atoms with E-state index in [1.165, 1.54) is 51.4 Å². The molecular formula is C70H111O11P. The van der Waals surface area contributed by atoms with Gasteiger partial charge in [0.1, 0.15) is 12.7 Å². The van der Waals surface area contributed by atoms with Crippen LogP contribution in [0, 0.1) is 0 Å². The molecule has 462 valence electrons. The van der Waals surface area contributed by atoms with Gasteiger partial charge in [0.25, 0.3) is 0 Å². The molecule has 0 aliphatic heterocycles. The van der Waals surface area contributed by atoms with Crippen molar-refractivity contribution in [1.29, 1.82) is 0 Å². The second kappa shape index (κ2) is 62.2. The lowest BCUT2D eigenvalue weighted by atomic mass is 10.1. The zero-order valence-corrected chi connectivity index (χ0v) is 52.0. The van der Waals surface area contributed by atoms with Gasteiger partial charge in [-0.1, -0.05) is 237 Å². The van der Waals surface area contributed by atoms with Gasteiger partial charge < -0.3 is 24.2 Å². The van der Waals surface area contributed by atoms with Crippen molar-refractivity contribution < 1.29 is 52.2 Å². The molecule has 11 nitrogen and oxygen atoms in total. The number of phosphoric ester groups is 1. The molecule has 0 heterocycles. The fourth-order valence-electron chi connectivity index (χ4n) is 7.74. The summed E-state index contributed by atoms with van der Waals surface area (Å²) in [5.41, 5.74) is 0. The second-order valence-corrected chi connectivity index (χ2v) is 21.6. The number of phosphoric acid groups is 1. The Kier molecular flexibility index (Phi) is 58.4. The number of allylic oxidation sites excluding steroid dienone is 26. The fraction of sp³-hybridized carbons (Fsp3) is 0.586. The number of rotatable bonds is 56. The number of unbranched alkanes of at least 4 members (excludes halogenated alkanes) is 13. The molecule has 0 rings (SSSR count). The molecule has 2 N–H and O–H groups in total. The molecular weight excluding hydrogens is 1050 g/mol. The van der Waals surface area contributed by atoms with E-state index in [1.54, 1.807) is 0 Å². The molecule has 0 amide bonds. The highest BCUT2D eigenvalue weighted by Gasteiger charge is 2.28. The molecule has 0 saturated carbocycles. The topological polar surface area (TPSA) is 155 Å². The lowest BCUT2D eigenvalue weighted by Gasteiger charge is -2.21. The molecule has 0 aromatic carbocycles. The Labute approximate surface area is 498 Å². The maximum atomic E-state index is 13.0. The van der Waals surface area contributed by atoms with Crippen molar-refractivity contribution in [1.82, 2.24) is 0 Å². The van der Waals surface area contributed by atoms with Crippen LogP contribution < -0.4 is 0 Å². The van der Waals surface area contributed by atoms with Crippen LogP contribution >= 0.6 is 7.82 Å². The zero-order chi connectivity index (χ0) is 59.8. The molecule has 0 aromatic heterocycles. The van der Waals surface area contributed by atoms with E-state index in [2.05, 4.69) is 154 Å². The smallest absolute Gasteiger partial charge is 0.462 e. The Balaban J connectivity index is 4.90. The zero-order valence-electron chi connectivity index (χ0n) is 51.1. The van der Waals surface area contributed by atoms with Crippen LogP contribution in [-0.4, -0.2) is 66.5 Å². The van der Waals surface area contributed by atoms with Gasteiger partial charge in [0.05, 0.1) is 19.8 Å². The molecule has 0 bridgehead atoms. The van der Waals surface area contributed by atoms with Crippen LogP contribution in [0.2, 0.25) is 0 Å². The van der Waals surface area contributed by atoms with Crippen LogP contribution in [0.4, 0.5) is 0 Å². The quantitative estimate of drug-likeness (QED) is 0.0197. The fourth-order valence-corrected chi connectivity index (χ4v) is 8.53. The van der Waals surface area contributed by atoms with Crippen molar-refractivity contribution >= 4 is 25.7 Å². The SMILES string of the molecule is CC/C=C\C/C=C\C/C=C\C/C=C\C/C=C\C/C=C\CCC(=O)OCC(COP(=O)(O)OCC(CO)OC(=O)CCC/C=C\C/C=C\C/C=C\C/C=C\C/C=C\CC)OC(=O)CCCCCCCCCCC/C=C\C/C=C\CCCCC. The van der Waals surface area contributed by atoms with E-state index in [9.17, 15) is 28.9 Å². The summed E-state index contributed by atoms with van der Waals surface area (Å²) in [6.07, 6.45) is 82.1. The van der Waals surface area contributed by atoms with Gasteiger partial charge in [-0.3, -0.25) is 23.4 Å². The van der Waals surface area contributed by atoms with E-state index in [-0.39, 0.29) is 19.3 Å². The van der Waals surface area contributed by atoms with E-state index >= 15 is 0 Å². The Morgan fingerprint density at radius 1 is 0.354 bits per heavy atom. The maximum Gasteiger partial charge on any atom is 0.472 e. The van der Waals surface area contributed by atoms with Crippen molar-refractivity contribution in [2.45, 2.75) is 238 Å². The number of carbonyl (C=O) groups excluding carboxylic acids is 3. The molecule has 12 heteroatoms. The Morgan fingerprint density at radius 3 is 1.07 bits per heavy atom. The van der Waals surface area contributed by atoms with E-state index in [4.69, 9.17) is 23.3 Å². The second-order valence-electron chi connectivity index (χ2n) is 20.1. The Hall–Kier alpha value is -4.90. The number of aliphatic hydroxyl groups is 1.